The lowest BCUT2D eigenvalue weighted by atomic mass is 10.1. The normalized spacial score (nSPS) is 11.6. The summed E-state index contributed by atoms with van der Waals surface area (Å²) in [7, 11) is -1.15. The molecule has 0 aliphatic heterocycles. The maximum atomic E-state index is 6.02. The number of hydrogen-bond donors (Lipinski definition) is 0. The van der Waals surface area contributed by atoms with E-state index in [9.17, 15) is 0 Å². The zero-order valence-electron chi connectivity index (χ0n) is 22.3. The summed E-state index contributed by atoms with van der Waals surface area (Å²) in [5, 5.41) is 0. The Bertz CT molecular complexity index is 306. The van der Waals surface area contributed by atoms with Crippen LogP contribution in [0.1, 0.15) is 162 Å². The molecule has 0 aliphatic rings. The highest BCUT2D eigenvalue weighted by Gasteiger charge is 2.12. The molecular weight excluding hydrogens is 415 g/mol. The molecule has 0 atom stereocenters. The van der Waals surface area contributed by atoms with Gasteiger partial charge in [0.1, 0.15) is 0 Å². The van der Waals surface area contributed by atoms with Crippen LogP contribution in [-0.4, -0.2) is 19.8 Å². The van der Waals surface area contributed by atoms with Gasteiger partial charge in [-0.2, -0.15) is 0 Å². The fourth-order valence-corrected chi connectivity index (χ4v) is 4.94. The van der Waals surface area contributed by atoms with Gasteiger partial charge in [-0.25, -0.2) is 0 Å². The summed E-state index contributed by atoms with van der Waals surface area (Å²) in [6, 6.07) is 0. The first-order valence-electron chi connectivity index (χ1n) is 14.5. The molecule has 4 heteroatoms. The summed E-state index contributed by atoms with van der Waals surface area (Å²) in [5.41, 5.74) is 0. The highest BCUT2D eigenvalue weighted by molar-refractivity contribution is 7.41. The summed E-state index contributed by atoms with van der Waals surface area (Å²) in [6.45, 7) is 9.18. The lowest BCUT2D eigenvalue weighted by molar-refractivity contribution is 0.153. The Labute approximate surface area is 204 Å². The number of rotatable bonds is 28. The SMILES string of the molecule is CCCCCCCCCCOP(OCCCCCCCC)OCCCCCCCCCC. The minimum atomic E-state index is -1.15. The van der Waals surface area contributed by atoms with Gasteiger partial charge in [0.25, 0.3) is 0 Å². The van der Waals surface area contributed by atoms with E-state index in [1.807, 2.05) is 0 Å². The molecule has 0 amide bonds. The Kier molecular flexibility index (Phi) is 29.6. The molecule has 0 aromatic rings. The Morgan fingerprint density at radius 1 is 0.312 bits per heavy atom. The van der Waals surface area contributed by atoms with Crippen molar-refractivity contribution in [1.82, 2.24) is 0 Å². The second kappa shape index (κ2) is 29.3. The molecule has 0 heterocycles. The Balaban J connectivity index is 3.82. The molecule has 0 aromatic heterocycles. The van der Waals surface area contributed by atoms with Crippen LogP contribution in [0.3, 0.4) is 0 Å². The number of unbranched alkanes of at least 4 members (excludes halogenated alkanes) is 19. The quantitative estimate of drug-likeness (QED) is 0.0833. The van der Waals surface area contributed by atoms with Crippen LogP contribution >= 0.6 is 8.60 Å². The van der Waals surface area contributed by atoms with Crippen molar-refractivity contribution in [3.8, 4) is 0 Å². The Morgan fingerprint density at radius 2 is 0.531 bits per heavy atom. The van der Waals surface area contributed by atoms with Gasteiger partial charge >= 0.3 is 8.60 Å². The van der Waals surface area contributed by atoms with E-state index in [1.165, 1.54) is 122 Å². The molecule has 3 nitrogen and oxygen atoms in total. The van der Waals surface area contributed by atoms with Gasteiger partial charge in [-0.15, -0.1) is 0 Å². The van der Waals surface area contributed by atoms with Gasteiger partial charge in [0.15, 0.2) is 0 Å². The third kappa shape index (κ3) is 26.6. The minimum absolute atomic E-state index is 0.784. The van der Waals surface area contributed by atoms with Crippen molar-refractivity contribution in [1.29, 1.82) is 0 Å². The summed E-state index contributed by atoms with van der Waals surface area (Å²) >= 11 is 0. The van der Waals surface area contributed by atoms with Gasteiger partial charge < -0.3 is 13.6 Å². The van der Waals surface area contributed by atoms with E-state index in [0.717, 1.165) is 39.1 Å². The van der Waals surface area contributed by atoms with Crippen LogP contribution in [0.15, 0.2) is 0 Å². The average molecular weight is 475 g/mol. The molecule has 0 N–H and O–H groups in total. The van der Waals surface area contributed by atoms with Crippen LogP contribution in [-0.2, 0) is 13.6 Å². The molecule has 194 valence electrons. The van der Waals surface area contributed by atoms with Crippen LogP contribution in [0.25, 0.3) is 0 Å². The zero-order valence-corrected chi connectivity index (χ0v) is 23.2. The largest absolute Gasteiger partial charge is 0.332 e. The van der Waals surface area contributed by atoms with Crippen molar-refractivity contribution < 1.29 is 13.6 Å². The Morgan fingerprint density at radius 3 is 0.781 bits per heavy atom. The topological polar surface area (TPSA) is 27.7 Å². The molecule has 0 fully saturated rings. The van der Waals surface area contributed by atoms with Crippen molar-refractivity contribution in [2.45, 2.75) is 162 Å². The molecule has 32 heavy (non-hydrogen) atoms. The summed E-state index contributed by atoms with van der Waals surface area (Å²) in [5.74, 6) is 0. The van der Waals surface area contributed by atoms with Gasteiger partial charge in [0.05, 0.1) is 19.8 Å². The van der Waals surface area contributed by atoms with Gasteiger partial charge in [0.2, 0.25) is 0 Å². The van der Waals surface area contributed by atoms with Gasteiger partial charge in [-0.1, -0.05) is 143 Å². The predicted octanol–water partition coefficient (Wildman–Crippen LogP) is 10.9. The van der Waals surface area contributed by atoms with E-state index in [0.29, 0.717) is 0 Å². The van der Waals surface area contributed by atoms with E-state index >= 15 is 0 Å². The molecule has 0 saturated heterocycles. The van der Waals surface area contributed by atoms with Gasteiger partial charge in [-0.3, -0.25) is 0 Å². The third-order valence-corrected chi connectivity index (χ3v) is 7.26. The van der Waals surface area contributed by atoms with E-state index in [1.54, 1.807) is 0 Å². The molecule has 0 spiro atoms. The molecule has 0 bridgehead atoms. The molecule has 0 unspecified atom stereocenters. The molecule has 0 aromatic carbocycles. The van der Waals surface area contributed by atoms with Crippen molar-refractivity contribution >= 4 is 8.60 Å². The lowest BCUT2D eigenvalue weighted by Crippen LogP contribution is -2.00. The van der Waals surface area contributed by atoms with Crippen LogP contribution in [0.2, 0.25) is 0 Å². The van der Waals surface area contributed by atoms with Gasteiger partial charge in [0, 0.05) is 0 Å². The monoisotopic (exact) mass is 474 g/mol. The van der Waals surface area contributed by atoms with E-state index in [-0.39, 0.29) is 0 Å². The molecule has 0 radical (unpaired) electrons. The molecule has 0 aliphatic carbocycles. The smallest absolute Gasteiger partial charge is 0.312 e. The lowest BCUT2D eigenvalue weighted by Gasteiger charge is -2.17. The summed E-state index contributed by atoms with van der Waals surface area (Å²) in [6.07, 6.45) is 29.0. The first-order valence-corrected chi connectivity index (χ1v) is 15.6. The maximum Gasteiger partial charge on any atom is 0.332 e. The van der Waals surface area contributed by atoms with E-state index in [2.05, 4.69) is 20.8 Å². The van der Waals surface area contributed by atoms with Crippen LogP contribution in [0.5, 0.6) is 0 Å². The summed E-state index contributed by atoms with van der Waals surface area (Å²) < 4.78 is 18.1. The van der Waals surface area contributed by atoms with Crippen molar-refractivity contribution in [2.75, 3.05) is 19.8 Å². The fourth-order valence-electron chi connectivity index (χ4n) is 3.88. The van der Waals surface area contributed by atoms with Crippen molar-refractivity contribution in [3.63, 3.8) is 0 Å². The van der Waals surface area contributed by atoms with Crippen LogP contribution < -0.4 is 0 Å². The summed E-state index contributed by atoms with van der Waals surface area (Å²) in [4.78, 5) is 0. The highest BCUT2D eigenvalue weighted by atomic mass is 31.2. The second-order valence-corrected chi connectivity index (χ2v) is 10.7. The van der Waals surface area contributed by atoms with Crippen LogP contribution in [0, 0.1) is 0 Å². The van der Waals surface area contributed by atoms with Crippen LogP contribution in [0.4, 0.5) is 0 Å². The molecular formula is C28H59O3P. The second-order valence-electron chi connectivity index (χ2n) is 9.44. The maximum absolute atomic E-state index is 6.02. The number of hydrogen-bond acceptors (Lipinski definition) is 3. The fraction of sp³-hybridized carbons (Fsp3) is 1.00. The van der Waals surface area contributed by atoms with E-state index in [4.69, 9.17) is 13.6 Å². The molecule has 0 saturated carbocycles. The first-order chi connectivity index (χ1) is 15.8. The van der Waals surface area contributed by atoms with Gasteiger partial charge in [-0.05, 0) is 19.3 Å². The zero-order chi connectivity index (χ0) is 23.4. The first kappa shape index (κ1) is 32.3. The van der Waals surface area contributed by atoms with Crippen molar-refractivity contribution in [3.05, 3.63) is 0 Å². The van der Waals surface area contributed by atoms with E-state index < -0.39 is 8.60 Å². The average Bonchev–Trinajstić information content (AvgIpc) is 2.80. The third-order valence-electron chi connectivity index (χ3n) is 6.08. The minimum Gasteiger partial charge on any atom is -0.312 e. The Hall–Kier alpha value is 0.310. The van der Waals surface area contributed by atoms with Crippen molar-refractivity contribution in [2.24, 2.45) is 0 Å². The predicted molar refractivity (Wildman–Crippen MR) is 143 cm³/mol. The highest BCUT2D eigenvalue weighted by Crippen LogP contribution is 2.40. The standard InChI is InChI=1S/C28H59O3P/c1-4-7-10-13-16-18-21-24-27-30-32(29-26-23-20-15-12-9-6-3)31-28-25-22-19-17-14-11-8-5-2/h4-28H2,1-3H3. The molecule has 0 rings (SSSR count).